The van der Waals surface area contributed by atoms with E-state index in [-0.39, 0.29) is 5.88 Å². The standard InChI is InChI=1S/C8H6ClNO/c9-10-7-4-2-1-3-6(7)5-8(10)11/h1-5,11H. The first kappa shape index (κ1) is 6.55. The fourth-order valence-corrected chi connectivity index (χ4v) is 1.31. The van der Waals surface area contributed by atoms with Gasteiger partial charge in [0.1, 0.15) is 0 Å². The third kappa shape index (κ3) is 0.870. The average molecular weight is 168 g/mol. The predicted molar refractivity (Wildman–Crippen MR) is 44.9 cm³/mol. The van der Waals surface area contributed by atoms with Crippen LogP contribution in [-0.2, 0) is 0 Å². The maximum absolute atomic E-state index is 9.17. The summed E-state index contributed by atoms with van der Waals surface area (Å²) in [5.74, 6) is 0.0767. The highest BCUT2D eigenvalue weighted by Gasteiger charge is 2.02. The lowest BCUT2D eigenvalue weighted by Gasteiger charge is -1.91. The van der Waals surface area contributed by atoms with Crippen molar-refractivity contribution in [3.05, 3.63) is 30.3 Å². The second-order valence-electron chi connectivity index (χ2n) is 2.34. The van der Waals surface area contributed by atoms with E-state index in [0.29, 0.717) is 0 Å². The normalized spacial score (nSPS) is 10.6. The molecule has 0 radical (unpaired) electrons. The number of fused-ring (bicyclic) bond motifs is 1. The van der Waals surface area contributed by atoms with Crippen molar-refractivity contribution in [1.29, 1.82) is 0 Å². The number of aromatic hydroxyl groups is 1. The SMILES string of the molecule is Oc1cc2ccccc2n1Cl. The van der Waals surface area contributed by atoms with Crippen LogP contribution in [0.15, 0.2) is 30.3 Å². The Hall–Kier alpha value is -1.15. The zero-order valence-electron chi connectivity index (χ0n) is 5.66. The highest BCUT2D eigenvalue weighted by Crippen LogP contribution is 2.24. The lowest BCUT2D eigenvalue weighted by atomic mass is 10.3. The largest absolute Gasteiger partial charge is 0.494 e. The summed E-state index contributed by atoms with van der Waals surface area (Å²) in [6.45, 7) is 0. The number of hydrogen-bond acceptors (Lipinski definition) is 1. The van der Waals surface area contributed by atoms with E-state index in [1.54, 1.807) is 6.07 Å². The third-order valence-electron chi connectivity index (χ3n) is 1.63. The third-order valence-corrected chi connectivity index (χ3v) is 1.99. The molecule has 56 valence electrons. The van der Waals surface area contributed by atoms with Gasteiger partial charge in [-0.05, 0) is 6.07 Å². The van der Waals surface area contributed by atoms with Gasteiger partial charge >= 0.3 is 0 Å². The van der Waals surface area contributed by atoms with E-state index in [4.69, 9.17) is 11.8 Å². The summed E-state index contributed by atoms with van der Waals surface area (Å²) in [5.41, 5.74) is 0.826. The molecule has 0 aliphatic carbocycles. The topological polar surface area (TPSA) is 25.2 Å². The quantitative estimate of drug-likeness (QED) is 0.640. The zero-order valence-corrected chi connectivity index (χ0v) is 6.42. The van der Waals surface area contributed by atoms with Crippen molar-refractivity contribution >= 4 is 22.7 Å². The molecule has 1 aromatic heterocycles. The molecule has 2 nitrogen and oxygen atoms in total. The molecule has 3 heteroatoms. The summed E-state index contributed by atoms with van der Waals surface area (Å²) < 4.78 is 1.23. The molecule has 0 saturated heterocycles. The molecule has 1 N–H and O–H groups in total. The van der Waals surface area contributed by atoms with Crippen LogP contribution in [0.25, 0.3) is 10.9 Å². The fraction of sp³-hybridized carbons (Fsp3) is 0. The van der Waals surface area contributed by atoms with Crippen LogP contribution < -0.4 is 0 Å². The van der Waals surface area contributed by atoms with Crippen LogP contribution in [-0.4, -0.2) is 9.19 Å². The van der Waals surface area contributed by atoms with Gasteiger partial charge in [0.15, 0.2) is 0 Å². The molecular formula is C8H6ClNO. The highest BCUT2D eigenvalue weighted by atomic mass is 35.5. The van der Waals surface area contributed by atoms with E-state index < -0.39 is 0 Å². The van der Waals surface area contributed by atoms with Crippen molar-refractivity contribution in [2.45, 2.75) is 0 Å². The van der Waals surface area contributed by atoms with Crippen molar-refractivity contribution < 1.29 is 5.11 Å². The minimum Gasteiger partial charge on any atom is -0.494 e. The first-order valence-corrected chi connectivity index (χ1v) is 3.58. The summed E-state index contributed by atoms with van der Waals surface area (Å²) in [5, 5.41) is 10.1. The molecule has 0 amide bonds. The molecule has 1 heterocycles. The molecule has 2 rings (SSSR count). The molecule has 11 heavy (non-hydrogen) atoms. The van der Waals surface area contributed by atoms with E-state index in [2.05, 4.69) is 0 Å². The minimum atomic E-state index is 0.0767. The number of benzene rings is 1. The predicted octanol–water partition coefficient (Wildman–Crippen LogP) is 2.35. The lowest BCUT2D eigenvalue weighted by molar-refractivity contribution is 0.452. The first-order valence-electron chi connectivity index (χ1n) is 3.24. The zero-order chi connectivity index (χ0) is 7.84. The first-order chi connectivity index (χ1) is 5.29. The van der Waals surface area contributed by atoms with Gasteiger partial charge in [0.2, 0.25) is 5.88 Å². The Bertz CT molecular complexity index is 394. The Labute approximate surface area is 68.7 Å². The number of halogens is 1. The van der Waals surface area contributed by atoms with E-state index in [9.17, 15) is 5.11 Å². The van der Waals surface area contributed by atoms with Gasteiger partial charge in [0, 0.05) is 23.2 Å². The van der Waals surface area contributed by atoms with Crippen LogP contribution in [0, 0.1) is 0 Å². The summed E-state index contributed by atoms with van der Waals surface area (Å²) in [6.07, 6.45) is 0. The Balaban J connectivity index is 2.92. The molecule has 0 fully saturated rings. The van der Waals surface area contributed by atoms with Gasteiger partial charge in [-0.15, -0.1) is 0 Å². The van der Waals surface area contributed by atoms with Crippen LogP contribution in [0.5, 0.6) is 5.88 Å². The summed E-state index contributed by atoms with van der Waals surface area (Å²) in [7, 11) is 0. The second-order valence-corrected chi connectivity index (χ2v) is 2.68. The molecule has 0 atom stereocenters. The van der Waals surface area contributed by atoms with E-state index in [1.165, 1.54) is 4.09 Å². The van der Waals surface area contributed by atoms with Gasteiger partial charge in [-0.2, -0.15) is 0 Å². The van der Waals surface area contributed by atoms with Crippen LogP contribution in [0.3, 0.4) is 0 Å². The van der Waals surface area contributed by atoms with E-state index in [1.807, 2.05) is 24.3 Å². The highest BCUT2D eigenvalue weighted by molar-refractivity contribution is 6.20. The van der Waals surface area contributed by atoms with Crippen LogP contribution in [0.1, 0.15) is 0 Å². The van der Waals surface area contributed by atoms with Crippen molar-refractivity contribution in [2.24, 2.45) is 0 Å². The van der Waals surface area contributed by atoms with Gasteiger partial charge < -0.3 is 5.11 Å². The van der Waals surface area contributed by atoms with Gasteiger partial charge in [0.25, 0.3) is 0 Å². The van der Waals surface area contributed by atoms with E-state index >= 15 is 0 Å². The van der Waals surface area contributed by atoms with Crippen LogP contribution >= 0.6 is 11.8 Å². The molecule has 0 aliphatic rings. The molecule has 2 aromatic rings. The Morgan fingerprint density at radius 2 is 2.00 bits per heavy atom. The van der Waals surface area contributed by atoms with Crippen molar-refractivity contribution in [2.75, 3.05) is 0 Å². The van der Waals surface area contributed by atoms with Gasteiger partial charge in [-0.3, -0.25) is 0 Å². The number of rotatable bonds is 0. The molecule has 0 aliphatic heterocycles. The molecule has 0 saturated carbocycles. The lowest BCUT2D eigenvalue weighted by Crippen LogP contribution is -1.75. The number of nitrogens with zero attached hydrogens (tertiary/aromatic N) is 1. The average Bonchev–Trinajstić information content (AvgIpc) is 2.30. The summed E-state index contributed by atoms with van der Waals surface area (Å²) in [6, 6.07) is 9.15. The number of aromatic nitrogens is 1. The monoisotopic (exact) mass is 167 g/mol. The molecule has 0 spiro atoms. The molecule has 1 aromatic carbocycles. The Morgan fingerprint density at radius 3 is 2.73 bits per heavy atom. The van der Waals surface area contributed by atoms with E-state index in [0.717, 1.165) is 10.9 Å². The Kier molecular flexibility index (Phi) is 1.29. The fourth-order valence-electron chi connectivity index (χ4n) is 1.11. The van der Waals surface area contributed by atoms with Crippen LogP contribution in [0.2, 0.25) is 0 Å². The van der Waals surface area contributed by atoms with Crippen molar-refractivity contribution in [3.8, 4) is 5.88 Å². The second kappa shape index (κ2) is 2.17. The smallest absolute Gasteiger partial charge is 0.207 e. The minimum absolute atomic E-state index is 0.0767. The summed E-state index contributed by atoms with van der Waals surface area (Å²) >= 11 is 5.71. The van der Waals surface area contributed by atoms with Gasteiger partial charge in [-0.1, -0.05) is 18.2 Å². The number of para-hydroxylation sites is 1. The maximum Gasteiger partial charge on any atom is 0.207 e. The van der Waals surface area contributed by atoms with Gasteiger partial charge in [-0.25, -0.2) is 4.09 Å². The van der Waals surface area contributed by atoms with Crippen molar-refractivity contribution in [1.82, 2.24) is 4.09 Å². The van der Waals surface area contributed by atoms with Crippen molar-refractivity contribution in [3.63, 3.8) is 0 Å². The Morgan fingerprint density at radius 1 is 1.27 bits per heavy atom. The molecule has 0 bridgehead atoms. The number of hydrogen-bond donors (Lipinski definition) is 1. The summed E-state index contributed by atoms with van der Waals surface area (Å²) in [4.78, 5) is 0. The van der Waals surface area contributed by atoms with Gasteiger partial charge in [0.05, 0.1) is 5.52 Å². The maximum atomic E-state index is 9.17. The molecule has 0 unspecified atom stereocenters. The molecular weight excluding hydrogens is 162 g/mol. The van der Waals surface area contributed by atoms with Crippen LogP contribution in [0.4, 0.5) is 0 Å².